The molecule has 0 N–H and O–H groups in total. The Balaban J connectivity index is 0. The van der Waals surface area contributed by atoms with Gasteiger partial charge in [0.05, 0.1) is 13.2 Å². The summed E-state index contributed by atoms with van der Waals surface area (Å²) in [7, 11) is 1.46. The van der Waals surface area contributed by atoms with Crippen LogP contribution >= 0.6 is 0 Å². The van der Waals surface area contributed by atoms with Crippen molar-refractivity contribution in [2.45, 2.75) is 0 Å². The van der Waals surface area contributed by atoms with Gasteiger partial charge in [0, 0.05) is 7.11 Å². The minimum atomic E-state index is -1.51. The number of rotatable bonds is 3. The van der Waals surface area contributed by atoms with E-state index in [0.29, 0.717) is 0 Å². The van der Waals surface area contributed by atoms with E-state index in [4.69, 9.17) is 0 Å². The Bertz CT molecular complexity index is 75.0. The molecule has 0 rings (SSSR count). The van der Waals surface area contributed by atoms with Gasteiger partial charge in [-0.15, -0.1) is 0 Å². The summed E-state index contributed by atoms with van der Waals surface area (Å²) in [5.41, 5.74) is 0. The Morgan fingerprint density at radius 1 is 1.56 bits per heavy atom. The minimum absolute atomic E-state index is 0. The fourth-order valence-corrected chi connectivity index (χ4v) is 0.208. The molecule has 0 atom stereocenters. The number of carboxylic acid groups (broad SMARTS) is 1. The van der Waals surface area contributed by atoms with E-state index in [1.54, 1.807) is 0 Å². The molecular weight excluding hydrogens is 119 g/mol. The second kappa shape index (κ2) is 7.83. The van der Waals surface area contributed by atoms with Crippen LogP contribution in [0.25, 0.3) is 0 Å². The first-order chi connectivity index (χ1) is 3.77. The maximum absolute atomic E-state index is 9.49. The van der Waals surface area contributed by atoms with Gasteiger partial charge in [0.2, 0.25) is 0 Å². The van der Waals surface area contributed by atoms with Crippen LogP contribution in [0, 0.1) is 0 Å². The zero-order chi connectivity index (χ0) is 6.41. The molecule has 0 saturated carbocycles. The fourth-order valence-electron chi connectivity index (χ4n) is 0.208. The molecule has 0 aromatic rings. The summed E-state index contributed by atoms with van der Waals surface area (Å²) in [6.45, 7) is 0.312. The van der Waals surface area contributed by atoms with E-state index in [1.165, 1.54) is 7.11 Å². The van der Waals surface area contributed by atoms with E-state index >= 15 is 0 Å². The first-order valence-electron chi connectivity index (χ1n) is 2.10. The van der Waals surface area contributed by atoms with E-state index in [-0.39, 0.29) is 32.1 Å². The van der Waals surface area contributed by atoms with E-state index in [9.17, 15) is 9.90 Å². The van der Waals surface area contributed by atoms with Crippen molar-refractivity contribution < 1.29 is 38.2 Å². The molecule has 0 aromatic heterocycles. The topological polar surface area (TPSA) is 58.6 Å². The third-order valence-electron chi connectivity index (χ3n) is 0.507. The van der Waals surface area contributed by atoms with Crippen molar-refractivity contribution in [1.29, 1.82) is 0 Å². The second-order valence-electron chi connectivity index (χ2n) is 1.09. The molecule has 0 aliphatic rings. The van der Waals surface area contributed by atoms with Crippen molar-refractivity contribution >= 4 is 6.16 Å². The largest absolute Gasteiger partial charge is 1.00 e. The molecule has 0 fully saturated rings. The first-order valence-corrected chi connectivity index (χ1v) is 2.10. The predicted molar refractivity (Wildman–Crippen MR) is 23.2 cm³/mol. The molecule has 5 heteroatoms. The van der Waals surface area contributed by atoms with Gasteiger partial charge in [-0.25, -0.2) is 0 Å². The molecule has 0 radical (unpaired) electrons. The summed E-state index contributed by atoms with van der Waals surface area (Å²) in [6.07, 6.45) is -1.51. The van der Waals surface area contributed by atoms with Crippen LogP contribution in [0.4, 0.5) is 4.79 Å². The monoisotopic (exact) mass is 126 g/mol. The SMILES string of the molecule is COCCOC(=O)[O-].[Li+]. The summed E-state index contributed by atoms with van der Waals surface area (Å²) in [5.74, 6) is 0. The van der Waals surface area contributed by atoms with E-state index in [1.807, 2.05) is 0 Å². The Morgan fingerprint density at radius 2 is 2.11 bits per heavy atom. The van der Waals surface area contributed by atoms with Crippen molar-refractivity contribution in [3.63, 3.8) is 0 Å². The van der Waals surface area contributed by atoms with Crippen molar-refractivity contribution in [2.24, 2.45) is 0 Å². The summed E-state index contributed by atoms with van der Waals surface area (Å²) in [4.78, 5) is 9.49. The van der Waals surface area contributed by atoms with Crippen LogP contribution in [0.3, 0.4) is 0 Å². The average Bonchev–Trinajstić information content (AvgIpc) is 1.66. The fraction of sp³-hybridized carbons (Fsp3) is 0.750. The summed E-state index contributed by atoms with van der Waals surface area (Å²) in [6, 6.07) is 0. The molecule has 48 valence electrons. The van der Waals surface area contributed by atoms with Gasteiger partial charge < -0.3 is 19.4 Å². The zero-order valence-electron chi connectivity index (χ0n) is 5.55. The molecule has 0 aliphatic carbocycles. The maximum Gasteiger partial charge on any atom is 1.00 e. The van der Waals surface area contributed by atoms with Gasteiger partial charge in [0.1, 0.15) is 0 Å². The van der Waals surface area contributed by atoms with Gasteiger partial charge in [-0.1, -0.05) is 0 Å². The van der Waals surface area contributed by atoms with Crippen LogP contribution in [0.2, 0.25) is 0 Å². The second-order valence-corrected chi connectivity index (χ2v) is 1.09. The minimum Gasteiger partial charge on any atom is -0.547 e. The number of carbonyl (C=O) groups is 1. The molecule has 0 spiro atoms. The zero-order valence-corrected chi connectivity index (χ0v) is 5.55. The third-order valence-corrected chi connectivity index (χ3v) is 0.507. The first kappa shape index (κ1) is 11.6. The molecule has 0 bridgehead atoms. The summed E-state index contributed by atoms with van der Waals surface area (Å²) in [5, 5.41) is 9.49. The van der Waals surface area contributed by atoms with Crippen LogP contribution in [-0.4, -0.2) is 26.5 Å². The number of hydrogen-bond donors (Lipinski definition) is 0. The predicted octanol–water partition coefficient (Wildman–Crippen LogP) is -4.00. The number of methoxy groups -OCH3 is 1. The molecule has 0 heterocycles. The third kappa shape index (κ3) is 11.4. The quantitative estimate of drug-likeness (QED) is 0.219. The van der Waals surface area contributed by atoms with E-state index in [0.717, 1.165) is 0 Å². The van der Waals surface area contributed by atoms with Crippen LogP contribution in [0.5, 0.6) is 0 Å². The Labute approximate surface area is 65.3 Å². The molecule has 0 aliphatic heterocycles. The van der Waals surface area contributed by atoms with E-state index < -0.39 is 6.16 Å². The van der Waals surface area contributed by atoms with Gasteiger partial charge in [-0.2, -0.15) is 0 Å². The van der Waals surface area contributed by atoms with E-state index in [2.05, 4.69) is 9.47 Å². The molecular formula is C4H7LiO4. The van der Waals surface area contributed by atoms with Gasteiger partial charge in [0.25, 0.3) is 6.16 Å². The van der Waals surface area contributed by atoms with Crippen LogP contribution in [0.15, 0.2) is 0 Å². The molecule has 4 nitrogen and oxygen atoms in total. The number of carbonyl (C=O) groups excluding carboxylic acids is 1. The molecule has 0 unspecified atom stereocenters. The molecule has 0 aromatic carbocycles. The van der Waals surface area contributed by atoms with Gasteiger partial charge >= 0.3 is 18.9 Å². The van der Waals surface area contributed by atoms with Crippen molar-refractivity contribution in [3.8, 4) is 0 Å². The smallest absolute Gasteiger partial charge is 0.547 e. The van der Waals surface area contributed by atoms with Gasteiger partial charge in [-0.05, 0) is 0 Å². The van der Waals surface area contributed by atoms with Crippen molar-refractivity contribution in [2.75, 3.05) is 20.3 Å². The number of ether oxygens (including phenoxy) is 2. The summed E-state index contributed by atoms with van der Waals surface area (Å²) >= 11 is 0. The number of hydrogen-bond acceptors (Lipinski definition) is 4. The van der Waals surface area contributed by atoms with Crippen LogP contribution in [0.1, 0.15) is 0 Å². The van der Waals surface area contributed by atoms with Crippen LogP contribution in [-0.2, 0) is 9.47 Å². The van der Waals surface area contributed by atoms with Gasteiger partial charge in [0.15, 0.2) is 0 Å². The Hall–Kier alpha value is -0.173. The van der Waals surface area contributed by atoms with Crippen molar-refractivity contribution in [1.82, 2.24) is 0 Å². The Morgan fingerprint density at radius 3 is 2.44 bits per heavy atom. The standard InChI is InChI=1S/C4H8O4.Li/c1-7-2-3-8-4(5)6;/h2-3H2,1H3,(H,5,6);/q;+1/p-1. The summed E-state index contributed by atoms with van der Waals surface area (Å²) < 4.78 is 8.44. The molecule has 9 heavy (non-hydrogen) atoms. The van der Waals surface area contributed by atoms with Crippen molar-refractivity contribution in [3.05, 3.63) is 0 Å². The maximum atomic E-state index is 9.49. The normalized spacial score (nSPS) is 7.67. The molecule has 0 amide bonds. The average molecular weight is 126 g/mol. The van der Waals surface area contributed by atoms with Crippen LogP contribution < -0.4 is 24.0 Å². The molecule has 0 saturated heterocycles. The Kier molecular flexibility index (Phi) is 10.1. The van der Waals surface area contributed by atoms with Gasteiger partial charge in [-0.3, -0.25) is 0 Å².